The Kier molecular flexibility index (Phi) is 5.92. The molecule has 0 atom stereocenters. The molecule has 8 heteroatoms. The predicted molar refractivity (Wildman–Crippen MR) is 124 cm³/mol. The van der Waals surface area contributed by atoms with Crippen LogP contribution in [0.1, 0.15) is 60.0 Å². The van der Waals surface area contributed by atoms with E-state index in [1.807, 2.05) is 49.5 Å². The summed E-state index contributed by atoms with van der Waals surface area (Å²) >= 11 is 0. The zero-order valence-corrected chi connectivity index (χ0v) is 18.6. The Morgan fingerprint density at radius 2 is 2.12 bits per heavy atom. The van der Waals surface area contributed by atoms with Crippen LogP contribution in [0.25, 0.3) is 17.0 Å². The fraction of sp³-hybridized carbons (Fsp3) is 0.360. The summed E-state index contributed by atoms with van der Waals surface area (Å²) in [7, 11) is 0. The molecule has 1 aliphatic rings. The summed E-state index contributed by atoms with van der Waals surface area (Å²) in [6.45, 7) is 2.21. The van der Waals surface area contributed by atoms with E-state index in [1.165, 1.54) is 0 Å². The molecule has 3 heterocycles. The predicted octanol–water partition coefficient (Wildman–Crippen LogP) is 4.60. The summed E-state index contributed by atoms with van der Waals surface area (Å²) in [5, 5.41) is 16.1. The fourth-order valence-corrected chi connectivity index (χ4v) is 4.42. The maximum absolute atomic E-state index is 12.9. The van der Waals surface area contributed by atoms with Crippen molar-refractivity contribution in [3.05, 3.63) is 65.9 Å². The molecule has 33 heavy (non-hydrogen) atoms. The molecule has 1 aliphatic carbocycles. The SMILES string of the molecule is Cc1ccc(-c2noc(C3CC(CCCCO)C3)n2)cc1NC(=O)c1cnc2ccccn12. The van der Waals surface area contributed by atoms with E-state index in [0.717, 1.165) is 48.9 Å². The van der Waals surface area contributed by atoms with Crippen molar-refractivity contribution in [2.45, 2.75) is 44.9 Å². The minimum Gasteiger partial charge on any atom is -0.396 e. The van der Waals surface area contributed by atoms with E-state index in [-0.39, 0.29) is 12.5 Å². The lowest BCUT2D eigenvalue weighted by molar-refractivity contribution is 0.102. The van der Waals surface area contributed by atoms with Crippen LogP contribution < -0.4 is 5.32 Å². The van der Waals surface area contributed by atoms with E-state index in [2.05, 4.69) is 20.4 Å². The van der Waals surface area contributed by atoms with Crippen LogP contribution >= 0.6 is 0 Å². The smallest absolute Gasteiger partial charge is 0.274 e. The number of carbonyl (C=O) groups is 1. The number of fused-ring (bicyclic) bond motifs is 1. The molecule has 3 aromatic heterocycles. The lowest BCUT2D eigenvalue weighted by Gasteiger charge is -2.32. The van der Waals surface area contributed by atoms with E-state index in [1.54, 1.807) is 10.6 Å². The molecule has 4 aromatic rings. The first-order valence-electron chi connectivity index (χ1n) is 11.4. The largest absolute Gasteiger partial charge is 0.396 e. The van der Waals surface area contributed by atoms with Crippen molar-refractivity contribution in [2.75, 3.05) is 11.9 Å². The number of aliphatic hydroxyl groups excluding tert-OH is 1. The second kappa shape index (κ2) is 9.15. The van der Waals surface area contributed by atoms with Crippen molar-refractivity contribution in [3.8, 4) is 11.4 Å². The third-order valence-electron chi connectivity index (χ3n) is 6.44. The van der Waals surface area contributed by atoms with Crippen LogP contribution in [-0.2, 0) is 0 Å². The highest BCUT2D eigenvalue weighted by atomic mass is 16.5. The van der Waals surface area contributed by atoms with E-state index in [4.69, 9.17) is 9.63 Å². The Morgan fingerprint density at radius 1 is 1.24 bits per heavy atom. The summed E-state index contributed by atoms with van der Waals surface area (Å²) in [4.78, 5) is 21.8. The van der Waals surface area contributed by atoms with Gasteiger partial charge in [0, 0.05) is 30.0 Å². The van der Waals surface area contributed by atoms with Crippen LogP contribution in [-0.4, -0.2) is 37.1 Å². The van der Waals surface area contributed by atoms with Crippen molar-refractivity contribution in [1.29, 1.82) is 0 Å². The number of imidazole rings is 1. The second-order valence-electron chi connectivity index (χ2n) is 8.77. The van der Waals surface area contributed by atoms with Crippen LogP contribution in [0.15, 0.2) is 53.3 Å². The molecule has 8 nitrogen and oxygen atoms in total. The third kappa shape index (κ3) is 4.39. The number of aromatic nitrogens is 4. The molecule has 0 unspecified atom stereocenters. The second-order valence-corrected chi connectivity index (χ2v) is 8.77. The molecule has 1 aromatic carbocycles. The summed E-state index contributed by atoms with van der Waals surface area (Å²) in [5.41, 5.74) is 3.62. The number of anilines is 1. The van der Waals surface area contributed by atoms with E-state index in [9.17, 15) is 4.79 Å². The van der Waals surface area contributed by atoms with Crippen LogP contribution in [0.5, 0.6) is 0 Å². The van der Waals surface area contributed by atoms with Gasteiger partial charge in [-0.05, 0) is 55.9 Å². The summed E-state index contributed by atoms with van der Waals surface area (Å²) in [5.74, 6) is 1.96. The van der Waals surface area contributed by atoms with Gasteiger partial charge in [-0.3, -0.25) is 9.20 Å². The molecule has 0 aliphatic heterocycles. The van der Waals surface area contributed by atoms with Gasteiger partial charge in [-0.2, -0.15) is 4.98 Å². The normalized spacial score (nSPS) is 17.8. The van der Waals surface area contributed by atoms with Crippen molar-refractivity contribution >= 4 is 17.2 Å². The number of aliphatic hydroxyl groups is 1. The first kappa shape index (κ1) is 21.3. The van der Waals surface area contributed by atoms with Gasteiger partial charge in [0.15, 0.2) is 0 Å². The molecule has 1 saturated carbocycles. The topological polar surface area (TPSA) is 106 Å². The molecule has 0 saturated heterocycles. The van der Waals surface area contributed by atoms with E-state index in [0.29, 0.717) is 34.9 Å². The van der Waals surface area contributed by atoms with Gasteiger partial charge in [0.05, 0.1) is 6.20 Å². The standard InChI is InChI=1S/C25H27N5O3/c1-16-8-9-18(23-28-25(33-29-23)19-12-17(13-19)6-3-5-11-31)14-20(16)27-24(32)21-15-26-22-7-2-4-10-30(21)22/h2,4,7-10,14-15,17,19,31H,3,5-6,11-13H2,1H3,(H,27,32). The number of unbranched alkanes of at least 4 members (excludes halogenated alkanes) is 1. The summed E-state index contributed by atoms with van der Waals surface area (Å²) in [6.07, 6.45) is 8.59. The highest BCUT2D eigenvalue weighted by Gasteiger charge is 2.34. The van der Waals surface area contributed by atoms with Crippen LogP contribution in [0.2, 0.25) is 0 Å². The van der Waals surface area contributed by atoms with Crippen LogP contribution in [0, 0.1) is 12.8 Å². The molecular formula is C25H27N5O3. The Morgan fingerprint density at radius 3 is 2.97 bits per heavy atom. The Balaban J connectivity index is 1.28. The number of amides is 1. The molecule has 1 fully saturated rings. The first-order valence-corrected chi connectivity index (χ1v) is 11.4. The monoisotopic (exact) mass is 445 g/mol. The average Bonchev–Trinajstić information content (AvgIpc) is 3.44. The van der Waals surface area contributed by atoms with Crippen molar-refractivity contribution in [1.82, 2.24) is 19.5 Å². The third-order valence-corrected chi connectivity index (χ3v) is 6.44. The number of hydrogen-bond donors (Lipinski definition) is 2. The van der Waals surface area contributed by atoms with Gasteiger partial charge in [0.1, 0.15) is 11.3 Å². The quantitative estimate of drug-likeness (QED) is 0.384. The van der Waals surface area contributed by atoms with Crippen molar-refractivity contribution < 1.29 is 14.4 Å². The number of aryl methyl sites for hydroxylation is 1. The molecule has 0 spiro atoms. The average molecular weight is 446 g/mol. The van der Waals surface area contributed by atoms with Gasteiger partial charge in [-0.25, -0.2) is 4.98 Å². The Labute approximate surface area is 191 Å². The Hall–Kier alpha value is -3.52. The van der Waals surface area contributed by atoms with Gasteiger partial charge in [-0.1, -0.05) is 36.2 Å². The zero-order chi connectivity index (χ0) is 22.8. The van der Waals surface area contributed by atoms with Gasteiger partial charge in [-0.15, -0.1) is 0 Å². The van der Waals surface area contributed by atoms with Crippen LogP contribution in [0.4, 0.5) is 5.69 Å². The number of rotatable bonds is 8. The van der Waals surface area contributed by atoms with Gasteiger partial charge >= 0.3 is 0 Å². The fourth-order valence-electron chi connectivity index (χ4n) is 4.42. The molecule has 0 radical (unpaired) electrons. The highest BCUT2D eigenvalue weighted by Crippen LogP contribution is 2.43. The van der Waals surface area contributed by atoms with E-state index < -0.39 is 0 Å². The molecule has 1 amide bonds. The van der Waals surface area contributed by atoms with Gasteiger partial charge < -0.3 is 14.9 Å². The Bertz CT molecular complexity index is 1270. The van der Waals surface area contributed by atoms with Crippen molar-refractivity contribution in [3.63, 3.8) is 0 Å². The van der Waals surface area contributed by atoms with Crippen molar-refractivity contribution in [2.24, 2.45) is 5.92 Å². The number of carbonyl (C=O) groups excluding carboxylic acids is 1. The molecule has 5 rings (SSSR count). The molecule has 2 N–H and O–H groups in total. The number of nitrogens with zero attached hydrogens (tertiary/aromatic N) is 4. The number of nitrogens with one attached hydrogen (secondary N) is 1. The zero-order valence-electron chi connectivity index (χ0n) is 18.6. The number of pyridine rings is 1. The number of hydrogen-bond acceptors (Lipinski definition) is 6. The molecule has 0 bridgehead atoms. The summed E-state index contributed by atoms with van der Waals surface area (Å²) < 4.78 is 7.31. The maximum atomic E-state index is 12.9. The first-order chi connectivity index (χ1) is 16.1. The van der Waals surface area contributed by atoms with Gasteiger partial charge in [0.25, 0.3) is 5.91 Å². The maximum Gasteiger partial charge on any atom is 0.274 e. The minimum absolute atomic E-state index is 0.232. The highest BCUT2D eigenvalue weighted by molar-refractivity contribution is 6.04. The minimum atomic E-state index is -0.232. The van der Waals surface area contributed by atoms with Crippen LogP contribution in [0.3, 0.4) is 0 Å². The summed E-state index contributed by atoms with van der Waals surface area (Å²) in [6, 6.07) is 11.4. The lowest BCUT2D eigenvalue weighted by Crippen LogP contribution is -2.22. The van der Waals surface area contributed by atoms with E-state index >= 15 is 0 Å². The molecular weight excluding hydrogens is 418 g/mol. The van der Waals surface area contributed by atoms with Gasteiger partial charge in [0.2, 0.25) is 11.7 Å². The molecule has 170 valence electrons. The lowest BCUT2D eigenvalue weighted by atomic mass is 9.72. The number of benzene rings is 1.